The first kappa shape index (κ1) is 13.6. The predicted molar refractivity (Wildman–Crippen MR) is 74.7 cm³/mol. The van der Waals surface area contributed by atoms with E-state index in [0.29, 0.717) is 0 Å². The van der Waals surface area contributed by atoms with Crippen LogP contribution in [-0.4, -0.2) is 39.9 Å². The number of nitrogens with two attached hydrogens (primary N) is 1. The van der Waals surface area contributed by atoms with E-state index in [1.807, 2.05) is 4.90 Å². The van der Waals surface area contributed by atoms with Crippen LogP contribution in [0.2, 0.25) is 0 Å². The molecule has 1 fully saturated rings. The molecule has 1 aromatic heterocycles. The number of anilines is 2. The molecule has 1 unspecified atom stereocenters. The van der Waals surface area contributed by atoms with E-state index in [0.717, 1.165) is 43.7 Å². The monoisotopic (exact) mass is 263 g/mol. The van der Waals surface area contributed by atoms with Gasteiger partial charge < -0.3 is 16.0 Å². The minimum atomic E-state index is 0.129. The van der Waals surface area contributed by atoms with E-state index in [1.54, 1.807) is 13.1 Å². The zero-order valence-electron chi connectivity index (χ0n) is 11.5. The highest BCUT2D eigenvalue weighted by molar-refractivity contribution is 5.73. The molecule has 0 aliphatic carbocycles. The summed E-state index contributed by atoms with van der Waals surface area (Å²) in [6, 6.07) is 0.234. The molecule has 1 atom stereocenters. The van der Waals surface area contributed by atoms with Gasteiger partial charge in [-0.25, -0.2) is 4.98 Å². The van der Waals surface area contributed by atoms with Gasteiger partial charge in [-0.2, -0.15) is 4.98 Å². The van der Waals surface area contributed by atoms with E-state index in [-0.39, 0.29) is 17.9 Å². The molecule has 0 spiro atoms. The molecule has 2 heterocycles. The zero-order chi connectivity index (χ0) is 13.8. The summed E-state index contributed by atoms with van der Waals surface area (Å²) >= 11 is 0. The van der Waals surface area contributed by atoms with Crippen LogP contribution in [0.4, 0.5) is 11.8 Å². The largest absolute Gasteiger partial charge is 0.368 e. The SMILES string of the molecule is CCc1cnc(N)nc1NC1CCCN(C(C)=O)C1. The molecular weight excluding hydrogens is 242 g/mol. The minimum Gasteiger partial charge on any atom is -0.368 e. The van der Waals surface area contributed by atoms with Crippen molar-refractivity contribution in [2.24, 2.45) is 0 Å². The fourth-order valence-electron chi connectivity index (χ4n) is 2.38. The Labute approximate surface area is 113 Å². The first-order valence-electron chi connectivity index (χ1n) is 6.73. The number of likely N-dealkylation sites (tertiary alicyclic amines) is 1. The van der Waals surface area contributed by atoms with Gasteiger partial charge in [-0.15, -0.1) is 0 Å². The summed E-state index contributed by atoms with van der Waals surface area (Å²) in [7, 11) is 0. The third-order valence-electron chi connectivity index (χ3n) is 3.47. The first-order chi connectivity index (χ1) is 9.10. The molecule has 0 aromatic carbocycles. The number of rotatable bonds is 3. The summed E-state index contributed by atoms with van der Waals surface area (Å²) in [5, 5.41) is 3.40. The summed E-state index contributed by atoms with van der Waals surface area (Å²) in [4.78, 5) is 21.6. The highest BCUT2D eigenvalue weighted by atomic mass is 16.2. The molecular formula is C13H21N5O. The van der Waals surface area contributed by atoms with Crippen molar-refractivity contribution in [2.45, 2.75) is 39.2 Å². The Morgan fingerprint density at radius 1 is 1.63 bits per heavy atom. The van der Waals surface area contributed by atoms with Crippen molar-refractivity contribution in [3.05, 3.63) is 11.8 Å². The lowest BCUT2D eigenvalue weighted by Gasteiger charge is -2.33. The van der Waals surface area contributed by atoms with Crippen LogP contribution in [0.1, 0.15) is 32.3 Å². The number of nitrogen functional groups attached to an aromatic ring is 1. The molecule has 1 aliphatic rings. The van der Waals surface area contributed by atoms with Crippen molar-refractivity contribution in [3.63, 3.8) is 0 Å². The summed E-state index contributed by atoms with van der Waals surface area (Å²) < 4.78 is 0. The molecule has 1 saturated heterocycles. The van der Waals surface area contributed by atoms with Gasteiger partial charge >= 0.3 is 0 Å². The van der Waals surface area contributed by atoms with Crippen LogP contribution < -0.4 is 11.1 Å². The Kier molecular flexibility index (Phi) is 4.19. The van der Waals surface area contributed by atoms with Crippen LogP contribution in [0.5, 0.6) is 0 Å². The van der Waals surface area contributed by atoms with E-state index in [4.69, 9.17) is 5.73 Å². The fourth-order valence-corrected chi connectivity index (χ4v) is 2.38. The molecule has 0 saturated carbocycles. The third-order valence-corrected chi connectivity index (χ3v) is 3.47. The summed E-state index contributed by atoms with van der Waals surface area (Å²) in [6.45, 7) is 5.24. The lowest BCUT2D eigenvalue weighted by molar-refractivity contribution is -0.129. The molecule has 1 aromatic rings. The second kappa shape index (κ2) is 5.86. The van der Waals surface area contributed by atoms with Gasteiger partial charge in [0.2, 0.25) is 11.9 Å². The van der Waals surface area contributed by atoms with Gasteiger partial charge in [-0.1, -0.05) is 6.92 Å². The lowest BCUT2D eigenvalue weighted by Crippen LogP contribution is -2.44. The van der Waals surface area contributed by atoms with Crippen LogP contribution in [0.15, 0.2) is 6.20 Å². The zero-order valence-corrected chi connectivity index (χ0v) is 11.5. The second-order valence-electron chi connectivity index (χ2n) is 4.90. The molecule has 6 nitrogen and oxygen atoms in total. The number of nitrogens with one attached hydrogen (secondary N) is 1. The number of aryl methyl sites for hydroxylation is 1. The van der Waals surface area contributed by atoms with Crippen molar-refractivity contribution in [3.8, 4) is 0 Å². The normalized spacial score (nSPS) is 19.3. The Morgan fingerprint density at radius 3 is 3.11 bits per heavy atom. The number of amides is 1. The smallest absolute Gasteiger partial charge is 0.221 e. The Bertz CT molecular complexity index is 462. The van der Waals surface area contributed by atoms with Crippen LogP contribution >= 0.6 is 0 Å². The molecule has 0 radical (unpaired) electrons. The number of nitrogens with zero attached hydrogens (tertiary/aromatic N) is 3. The predicted octanol–water partition coefficient (Wildman–Crippen LogP) is 1.04. The maximum atomic E-state index is 11.4. The molecule has 6 heteroatoms. The Morgan fingerprint density at radius 2 is 2.42 bits per heavy atom. The third kappa shape index (κ3) is 3.33. The highest BCUT2D eigenvalue weighted by Crippen LogP contribution is 2.18. The van der Waals surface area contributed by atoms with Gasteiger partial charge in [0.1, 0.15) is 5.82 Å². The lowest BCUT2D eigenvalue weighted by atomic mass is 10.1. The van der Waals surface area contributed by atoms with Crippen LogP contribution in [0.25, 0.3) is 0 Å². The number of piperidine rings is 1. The average Bonchev–Trinajstić information content (AvgIpc) is 2.39. The van der Waals surface area contributed by atoms with Gasteiger partial charge in [-0.05, 0) is 19.3 Å². The molecule has 3 N–H and O–H groups in total. The van der Waals surface area contributed by atoms with Crippen molar-refractivity contribution in [1.29, 1.82) is 0 Å². The van der Waals surface area contributed by atoms with Crippen molar-refractivity contribution in [2.75, 3.05) is 24.1 Å². The minimum absolute atomic E-state index is 0.129. The van der Waals surface area contributed by atoms with Crippen LogP contribution in [-0.2, 0) is 11.2 Å². The molecule has 1 amide bonds. The van der Waals surface area contributed by atoms with Crippen molar-refractivity contribution >= 4 is 17.7 Å². The van der Waals surface area contributed by atoms with Crippen molar-refractivity contribution < 1.29 is 4.79 Å². The van der Waals surface area contributed by atoms with Gasteiger partial charge in [0.25, 0.3) is 0 Å². The maximum absolute atomic E-state index is 11.4. The first-order valence-corrected chi connectivity index (χ1v) is 6.73. The molecule has 2 rings (SSSR count). The van der Waals surface area contributed by atoms with E-state index < -0.39 is 0 Å². The Balaban J connectivity index is 2.08. The standard InChI is InChI=1S/C13H21N5O/c1-3-10-7-15-13(14)17-12(10)16-11-5-4-6-18(8-11)9(2)19/h7,11H,3-6,8H2,1-2H3,(H3,14,15,16,17). The van der Waals surface area contributed by atoms with E-state index >= 15 is 0 Å². The number of hydrogen-bond acceptors (Lipinski definition) is 5. The highest BCUT2D eigenvalue weighted by Gasteiger charge is 2.22. The van der Waals surface area contributed by atoms with Gasteiger partial charge in [-0.3, -0.25) is 4.79 Å². The number of aromatic nitrogens is 2. The number of carbonyl (C=O) groups excluding carboxylic acids is 1. The van der Waals surface area contributed by atoms with E-state index in [1.165, 1.54) is 0 Å². The Hall–Kier alpha value is -1.85. The topological polar surface area (TPSA) is 84.1 Å². The summed E-state index contributed by atoms with van der Waals surface area (Å²) in [5.41, 5.74) is 6.69. The number of hydrogen-bond donors (Lipinski definition) is 2. The van der Waals surface area contributed by atoms with Gasteiger partial charge in [0.05, 0.1) is 0 Å². The quantitative estimate of drug-likeness (QED) is 0.851. The maximum Gasteiger partial charge on any atom is 0.221 e. The van der Waals surface area contributed by atoms with E-state index in [2.05, 4.69) is 22.2 Å². The van der Waals surface area contributed by atoms with Crippen LogP contribution in [0.3, 0.4) is 0 Å². The van der Waals surface area contributed by atoms with Gasteiger partial charge in [0, 0.05) is 37.8 Å². The number of carbonyl (C=O) groups is 1. The second-order valence-corrected chi connectivity index (χ2v) is 4.90. The molecule has 0 bridgehead atoms. The van der Waals surface area contributed by atoms with Crippen molar-refractivity contribution in [1.82, 2.24) is 14.9 Å². The fraction of sp³-hybridized carbons (Fsp3) is 0.615. The molecule has 1 aliphatic heterocycles. The summed E-state index contributed by atoms with van der Waals surface area (Å²) in [6.07, 6.45) is 4.66. The molecule has 19 heavy (non-hydrogen) atoms. The molecule has 104 valence electrons. The average molecular weight is 263 g/mol. The summed E-state index contributed by atoms with van der Waals surface area (Å²) in [5.74, 6) is 1.20. The van der Waals surface area contributed by atoms with Crippen LogP contribution in [0, 0.1) is 0 Å². The van der Waals surface area contributed by atoms with Gasteiger partial charge in [0.15, 0.2) is 0 Å². The van der Waals surface area contributed by atoms with E-state index in [9.17, 15) is 4.79 Å².